The van der Waals surface area contributed by atoms with Gasteiger partial charge in [0, 0.05) is 11.6 Å². The summed E-state index contributed by atoms with van der Waals surface area (Å²) in [5.41, 5.74) is -0.500. The minimum absolute atomic E-state index is 0.0569. The van der Waals surface area contributed by atoms with Crippen molar-refractivity contribution < 1.29 is 22.7 Å². The van der Waals surface area contributed by atoms with Crippen LogP contribution in [0.5, 0.6) is 11.5 Å². The predicted molar refractivity (Wildman–Crippen MR) is 85.5 cm³/mol. The lowest BCUT2D eigenvalue weighted by atomic mass is 10.2. The van der Waals surface area contributed by atoms with E-state index in [9.17, 15) is 18.0 Å². The van der Waals surface area contributed by atoms with Gasteiger partial charge in [0.1, 0.15) is 41.9 Å². The van der Waals surface area contributed by atoms with Crippen molar-refractivity contribution in [1.82, 2.24) is 15.0 Å². The summed E-state index contributed by atoms with van der Waals surface area (Å²) in [5.74, 6) is -1.99. The molecule has 0 fully saturated rings. The van der Waals surface area contributed by atoms with E-state index in [2.05, 4.69) is 20.3 Å². The molecule has 2 aromatic heterocycles. The Morgan fingerprint density at radius 1 is 1.08 bits per heavy atom. The molecule has 26 heavy (non-hydrogen) atoms. The topological polar surface area (TPSA) is 77.0 Å². The van der Waals surface area contributed by atoms with Crippen molar-refractivity contribution in [3.63, 3.8) is 0 Å². The van der Waals surface area contributed by atoms with Crippen LogP contribution in [0.3, 0.4) is 0 Å². The van der Waals surface area contributed by atoms with Crippen molar-refractivity contribution in [3.8, 4) is 11.5 Å². The number of carbonyl (C=O) groups is 1. The first-order chi connectivity index (χ1) is 12.5. The van der Waals surface area contributed by atoms with Crippen LogP contribution in [-0.4, -0.2) is 20.9 Å². The van der Waals surface area contributed by atoms with Gasteiger partial charge in [0.2, 0.25) is 0 Å². The molecule has 0 bridgehead atoms. The first kappa shape index (κ1) is 17.3. The number of aromatic nitrogens is 3. The third-order valence-corrected chi connectivity index (χ3v) is 3.19. The molecule has 0 spiro atoms. The lowest BCUT2D eigenvalue weighted by Gasteiger charge is -2.09. The number of benzene rings is 1. The molecule has 6 nitrogen and oxygen atoms in total. The van der Waals surface area contributed by atoms with Crippen molar-refractivity contribution in [1.29, 1.82) is 0 Å². The highest BCUT2D eigenvalue weighted by molar-refractivity contribution is 6.04. The molecule has 0 saturated carbocycles. The van der Waals surface area contributed by atoms with Crippen molar-refractivity contribution in [2.75, 3.05) is 5.32 Å². The molecule has 0 unspecified atom stereocenters. The van der Waals surface area contributed by atoms with Crippen LogP contribution in [-0.2, 0) is 6.67 Å². The number of halogens is 3. The van der Waals surface area contributed by atoms with Crippen LogP contribution >= 0.6 is 0 Å². The Kier molecular flexibility index (Phi) is 5.07. The summed E-state index contributed by atoms with van der Waals surface area (Å²) < 4.78 is 45.1. The molecule has 132 valence electrons. The summed E-state index contributed by atoms with van der Waals surface area (Å²) in [6, 6.07) is 5.52. The summed E-state index contributed by atoms with van der Waals surface area (Å²) in [4.78, 5) is 23.4. The minimum atomic E-state index is -1.12. The normalized spacial score (nSPS) is 10.4. The highest BCUT2D eigenvalue weighted by Gasteiger charge is 2.13. The van der Waals surface area contributed by atoms with Gasteiger partial charge >= 0.3 is 0 Å². The van der Waals surface area contributed by atoms with Gasteiger partial charge in [0.05, 0.1) is 12.4 Å². The molecule has 2 heterocycles. The molecular formula is C17H11F3N4O2. The second-order valence-corrected chi connectivity index (χ2v) is 5.06. The van der Waals surface area contributed by atoms with E-state index in [1.807, 2.05) is 0 Å². The number of alkyl halides is 1. The van der Waals surface area contributed by atoms with Crippen LogP contribution in [0.15, 0.2) is 49.1 Å². The number of ether oxygens (including phenoxy) is 1. The summed E-state index contributed by atoms with van der Waals surface area (Å²) in [6.07, 6.45) is 4.05. The monoisotopic (exact) mass is 360 g/mol. The number of nitrogens with one attached hydrogen (secondary N) is 1. The molecule has 0 radical (unpaired) electrons. The molecular weight excluding hydrogens is 349 g/mol. The Balaban J connectivity index is 1.81. The standard InChI is InChI=1S/C17H11F3N4O2/c18-6-15-14(20)1-2-16(23-15)24-17(25)10-3-11(19)5-12(4-10)26-13-7-21-9-22-8-13/h1-5,7-9H,6H2,(H,23,24,25). The van der Waals surface area contributed by atoms with E-state index < -0.39 is 29.9 Å². The van der Waals surface area contributed by atoms with Gasteiger partial charge in [-0.15, -0.1) is 0 Å². The van der Waals surface area contributed by atoms with Crippen LogP contribution < -0.4 is 10.1 Å². The average Bonchev–Trinajstić information content (AvgIpc) is 2.63. The third kappa shape index (κ3) is 4.12. The van der Waals surface area contributed by atoms with E-state index >= 15 is 0 Å². The summed E-state index contributed by atoms with van der Waals surface area (Å²) >= 11 is 0. The number of nitrogens with zero attached hydrogens (tertiary/aromatic N) is 3. The number of anilines is 1. The van der Waals surface area contributed by atoms with E-state index in [1.165, 1.54) is 30.9 Å². The van der Waals surface area contributed by atoms with E-state index in [-0.39, 0.29) is 22.9 Å². The molecule has 0 saturated heterocycles. The SMILES string of the molecule is O=C(Nc1ccc(F)c(CF)n1)c1cc(F)cc(Oc2cncnc2)c1. The van der Waals surface area contributed by atoms with Gasteiger partial charge in [0.25, 0.3) is 5.91 Å². The Morgan fingerprint density at radius 2 is 1.85 bits per heavy atom. The van der Waals surface area contributed by atoms with Crippen LogP contribution in [0.1, 0.15) is 16.1 Å². The molecule has 3 rings (SSSR count). The fourth-order valence-electron chi connectivity index (χ4n) is 2.06. The van der Waals surface area contributed by atoms with Gasteiger partial charge in [-0.2, -0.15) is 0 Å². The van der Waals surface area contributed by atoms with Crippen molar-refractivity contribution >= 4 is 11.7 Å². The number of rotatable bonds is 5. The lowest BCUT2D eigenvalue weighted by Crippen LogP contribution is -2.14. The van der Waals surface area contributed by atoms with Gasteiger partial charge < -0.3 is 10.1 Å². The zero-order chi connectivity index (χ0) is 18.5. The zero-order valence-corrected chi connectivity index (χ0v) is 13.1. The van der Waals surface area contributed by atoms with Crippen molar-refractivity contribution in [2.45, 2.75) is 6.67 Å². The molecule has 9 heteroatoms. The van der Waals surface area contributed by atoms with E-state index in [0.717, 1.165) is 18.2 Å². The van der Waals surface area contributed by atoms with E-state index in [0.29, 0.717) is 0 Å². The predicted octanol–water partition coefficient (Wildman–Crippen LogP) is 3.66. The fourth-order valence-corrected chi connectivity index (χ4v) is 2.06. The van der Waals surface area contributed by atoms with Crippen molar-refractivity contribution in [3.05, 3.63) is 71.9 Å². The Morgan fingerprint density at radius 3 is 2.58 bits per heavy atom. The molecule has 3 aromatic rings. The third-order valence-electron chi connectivity index (χ3n) is 3.19. The maximum atomic E-state index is 13.8. The first-order valence-electron chi connectivity index (χ1n) is 7.31. The van der Waals surface area contributed by atoms with Crippen LogP contribution in [0.4, 0.5) is 19.0 Å². The largest absolute Gasteiger partial charge is 0.454 e. The smallest absolute Gasteiger partial charge is 0.257 e. The Labute approximate surface area is 145 Å². The maximum Gasteiger partial charge on any atom is 0.257 e. The van der Waals surface area contributed by atoms with Crippen molar-refractivity contribution in [2.24, 2.45) is 0 Å². The van der Waals surface area contributed by atoms with Gasteiger partial charge in [0.15, 0.2) is 5.75 Å². The van der Waals surface area contributed by atoms with Gasteiger partial charge in [-0.25, -0.2) is 28.1 Å². The highest BCUT2D eigenvalue weighted by atomic mass is 19.1. The van der Waals surface area contributed by atoms with Crippen LogP contribution in [0, 0.1) is 11.6 Å². The van der Waals surface area contributed by atoms with E-state index in [4.69, 9.17) is 4.74 Å². The molecule has 0 aliphatic heterocycles. The van der Waals surface area contributed by atoms with Crippen LogP contribution in [0.25, 0.3) is 0 Å². The fraction of sp³-hybridized carbons (Fsp3) is 0.0588. The molecule has 1 aromatic carbocycles. The quantitative estimate of drug-likeness (QED) is 0.751. The average molecular weight is 360 g/mol. The second kappa shape index (κ2) is 7.60. The highest BCUT2D eigenvalue weighted by Crippen LogP contribution is 2.23. The lowest BCUT2D eigenvalue weighted by molar-refractivity contribution is 0.102. The number of hydrogen-bond acceptors (Lipinski definition) is 5. The number of amides is 1. The summed E-state index contributed by atoms with van der Waals surface area (Å²) in [6.45, 7) is -1.12. The second-order valence-electron chi connectivity index (χ2n) is 5.06. The van der Waals surface area contributed by atoms with Gasteiger partial charge in [-0.05, 0) is 24.3 Å². The first-order valence-corrected chi connectivity index (χ1v) is 7.31. The summed E-state index contributed by atoms with van der Waals surface area (Å²) in [5, 5.41) is 2.35. The molecule has 0 atom stereocenters. The molecule has 1 amide bonds. The van der Waals surface area contributed by atoms with E-state index in [1.54, 1.807) is 0 Å². The number of hydrogen-bond donors (Lipinski definition) is 1. The maximum absolute atomic E-state index is 13.8. The van der Waals surface area contributed by atoms with Gasteiger partial charge in [-0.1, -0.05) is 0 Å². The van der Waals surface area contributed by atoms with Crippen LogP contribution in [0.2, 0.25) is 0 Å². The summed E-state index contributed by atoms with van der Waals surface area (Å²) in [7, 11) is 0. The Hall–Kier alpha value is -3.49. The molecule has 0 aliphatic rings. The number of carbonyl (C=O) groups excluding carboxylic acids is 1. The Bertz CT molecular complexity index is 939. The molecule has 1 N–H and O–H groups in total. The van der Waals surface area contributed by atoms with Gasteiger partial charge in [-0.3, -0.25) is 4.79 Å². The zero-order valence-electron chi connectivity index (χ0n) is 13.1. The molecule has 0 aliphatic carbocycles. The number of pyridine rings is 1. The minimum Gasteiger partial charge on any atom is -0.454 e.